The molecule has 0 bridgehead atoms. The van der Waals surface area contributed by atoms with E-state index in [9.17, 15) is 4.79 Å². The number of nitrogens with zero attached hydrogens (tertiary/aromatic N) is 3. The quantitative estimate of drug-likeness (QED) is 0.876. The lowest BCUT2D eigenvalue weighted by molar-refractivity contribution is 0.0768. The van der Waals surface area contributed by atoms with Crippen molar-refractivity contribution in [1.82, 2.24) is 9.88 Å². The highest BCUT2D eigenvalue weighted by atomic mass is 32.1. The molecule has 1 aromatic rings. The fraction of sp³-hybridized carbons (Fsp3) is 0.714. The van der Waals surface area contributed by atoms with Crippen LogP contribution in [0.1, 0.15) is 49.2 Å². The van der Waals surface area contributed by atoms with Gasteiger partial charge in [0.15, 0.2) is 5.13 Å². The van der Waals surface area contributed by atoms with E-state index in [1.807, 2.05) is 11.8 Å². The molecule has 0 aliphatic carbocycles. The van der Waals surface area contributed by atoms with E-state index < -0.39 is 0 Å². The van der Waals surface area contributed by atoms with Gasteiger partial charge in [0.1, 0.15) is 10.7 Å². The first-order chi connectivity index (χ1) is 9.67. The summed E-state index contributed by atoms with van der Waals surface area (Å²) in [5.41, 5.74) is 5.96. The molecule has 2 N–H and O–H groups in total. The van der Waals surface area contributed by atoms with Gasteiger partial charge < -0.3 is 15.5 Å². The van der Waals surface area contributed by atoms with E-state index in [-0.39, 0.29) is 5.91 Å². The third-order valence-corrected chi connectivity index (χ3v) is 4.78. The van der Waals surface area contributed by atoms with Crippen molar-refractivity contribution in [1.29, 1.82) is 0 Å². The Balaban J connectivity index is 2.12. The van der Waals surface area contributed by atoms with Crippen LogP contribution in [0.4, 0.5) is 10.9 Å². The van der Waals surface area contributed by atoms with Gasteiger partial charge in [-0.25, -0.2) is 4.98 Å². The molecule has 6 heteroatoms. The SMILES string of the molecule is CCCCN(CC)C(=O)c1sc(N2CCCC2)nc1N. The first kappa shape index (κ1) is 15.1. The molecule has 0 radical (unpaired) electrons. The molecular formula is C14H24N4OS. The Hall–Kier alpha value is -1.30. The Morgan fingerprint density at radius 2 is 2.10 bits per heavy atom. The molecule has 2 heterocycles. The molecule has 5 nitrogen and oxygen atoms in total. The summed E-state index contributed by atoms with van der Waals surface area (Å²) in [6.07, 6.45) is 4.50. The van der Waals surface area contributed by atoms with Crippen molar-refractivity contribution in [3.8, 4) is 0 Å². The molecule has 0 aromatic carbocycles. The van der Waals surface area contributed by atoms with Crippen molar-refractivity contribution in [2.45, 2.75) is 39.5 Å². The summed E-state index contributed by atoms with van der Waals surface area (Å²) in [6, 6.07) is 0. The van der Waals surface area contributed by atoms with Gasteiger partial charge in [-0.1, -0.05) is 24.7 Å². The molecule has 20 heavy (non-hydrogen) atoms. The molecule has 2 rings (SSSR count). The fourth-order valence-electron chi connectivity index (χ4n) is 2.41. The van der Waals surface area contributed by atoms with Crippen LogP contribution in [-0.2, 0) is 0 Å². The van der Waals surface area contributed by atoms with E-state index >= 15 is 0 Å². The van der Waals surface area contributed by atoms with Crippen molar-refractivity contribution >= 4 is 28.2 Å². The van der Waals surface area contributed by atoms with Crippen LogP contribution in [0.3, 0.4) is 0 Å². The predicted octanol–water partition coefficient (Wildman–Crippen LogP) is 2.59. The number of anilines is 2. The molecule has 1 aromatic heterocycles. The molecule has 1 saturated heterocycles. The number of carbonyl (C=O) groups excluding carboxylic acids is 1. The van der Waals surface area contributed by atoms with Crippen molar-refractivity contribution in [2.75, 3.05) is 36.8 Å². The lowest BCUT2D eigenvalue weighted by atomic mass is 10.3. The average molecular weight is 296 g/mol. The highest BCUT2D eigenvalue weighted by Crippen LogP contribution is 2.31. The first-order valence-corrected chi connectivity index (χ1v) is 8.29. The minimum atomic E-state index is 0.0291. The summed E-state index contributed by atoms with van der Waals surface area (Å²) in [5.74, 6) is 0.415. The van der Waals surface area contributed by atoms with Gasteiger partial charge in [-0.3, -0.25) is 4.79 Å². The maximum atomic E-state index is 12.5. The Labute approximate surface area is 124 Å². The second-order valence-corrected chi connectivity index (χ2v) is 6.12. The molecule has 1 fully saturated rings. The van der Waals surface area contributed by atoms with Crippen molar-refractivity contribution < 1.29 is 4.79 Å². The Bertz CT molecular complexity index is 454. The molecule has 0 atom stereocenters. The van der Waals surface area contributed by atoms with Gasteiger partial charge in [-0.15, -0.1) is 0 Å². The van der Waals surface area contributed by atoms with Crippen molar-refractivity contribution in [3.63, 3.8) is 0 Å². The highest BCUT2D eigenvalue weighted by Gasteiger charge is 2.24. The fourth-order valence-corrected chi connectivity index (χ4v) is 3.42. The van der Waals surface area contributed by atoms with Crippen LogP contribution in [0.15, 0.2) is 0 Å². The molecule has 1 amide bonds. The van der Waals surface area contributed by atoms with Crippen molar-refractivity contribution in [3.05, 3.63) is 4.88 Å². The van der Waals surface area contributed by atoms with Gasteiger partial charge in [0, 0.05) is 26.2 Å². The van der Waals surface area contributed by atoms with Crippen molar-refractivity contribution in [2.24, 2.45) is 0 Å². The number of amides is 1. The molecule has 112 valence electrons. The number of carbonyl (C=O) groups is 1. The lowest BCUT2D eigenvalue weighted by Gasteiger charge is -2.19. The smallest absolute Gasteiger partial charge is 0.267 e. The predicted molar refractivity (Wildman–Crippen MR) is 84.5 cm³/mol. The zero-order chi connectivity index (χ0) is 14.5. The van der Waals surface area contributed by atoms with Gasteiger partial charge in [-0.2, -0.15) is 0 Å². The number of nitrogen functional groups attached to an aromatic ring is 1. The average Bonchev–Trinajstić information content (AvgIpc) is 3.08. The van der Waals surface area contributed by atoms with Gasteiger partial charge >= 0.3 is 0 Å². The van der Waals surface area contributed by atoms with E-state index in [0.717, 1.165) is 44.2 Å². The number of rotatable bonds is 6. The molecule has 1 aliphatic heterocycles. The minimum absolute atomic E-state index is 0.0291. The van der Waals surface area contributed by atoms with Crippen LogP contribution in [0.25, 0.3) is 0 Å². The second-order valence-electron chi connectivity index (χ2n) is 5.14. The Morgan fingerprint density at radius 1 is 1.40 bits per heavy atom. The second kappa shape index (κ2) is 6.92. The van der Waals surface area contributed by atoms with Crippen LogP contribution in [-0.4, -0.2) is 42.0 Å². The number of aromatic nitrogens is 1. The van der Waals surface area contributed by atoms with E-state index in [0.29, 0.717) is 10.7 Å². The summed E-state index contributed by atoms with van der Waals surface area (Å²) in [6.45, 7) is 7.69. The van der Waals surface area contributed by atoms with Crippen LogP contribution < -0.4 is 10.6 Å². The van der Waals surface area contributed by atoms with Crippen LogP contribution in [0.2, 0.25) is 0 Å². The normalized spacial score (nSPS) is 14.8. The molecule has 0 spiro atoms. The molecule has 1 aliphatic rings. The van der Waals surface area contributed by atoms with E-state index in [4.69, 9.17) is 5.73 Å². The van der Waals surface area contributed by atoms with Crippen LogP contribution in [0, 0.1) is 0 Å². The van der Waals surface area contributed by atoms with Gasteiger partial charge in [0.2, 0.25) is 0 Å². The summed E-state index contributed by atoms with van der Waals surface area (Å²) in [7, 11) is 0. The first-order valence-electron chi connectivity index (χ1n) is 7.47. The van der Waals surface area contributed by atoms with Gasteiger partial charge in [-0.05, 0) is 26.2 Å². The number of hydrogen-bond donors (Lipinski definition) is 1. The Morgan fingerprint density at radius 3 is 2.70 bits per heavy atom. The summed E-state index contributed by atoms with van der Waals surface area (Å²) < 4.78 is 0. The number of thiazole rings is 1. The number of nitrogens with two attached hydrogens (primary N) is 1. The summed E-state index contributed by atoms with van der Waals surface area (Å²) >= 11 is 1.44. The zero-order valence-electron chi connectivity index (χ0n) is 12.4. The summed E-state index contributed by atoms with van der Waals surface area (Å²) in [5, 5.41) is 0.898. The third-order valence-electron chi connectivity index (χ3n) is 3.66. The summed E-state index contributed by atoms with van der Waals surface area (Å²) in [4.78, 5) is 21.6. The van der Waals surface area contributed by atoms with Gasteiger partial charge in [0.25, 0.3) is 5.91 Å². The minimum Gasteiger partial charge on any atom is -0.382 e. The highest BCUT2D eigenvalue weighted by molar-refractivity contribution is 7.18. The molecule has 0 unspecified atom stereocenters. The maximum absolute atomic E-state index is 12.5. The van der Waals surface area contributed by atoms with E-state index in [1.165, 1.54) is 24.2 Å². The van der Waals surface area contributed by atoms with E-state index in [2.05, 4.69) is 16.8 Å². The number of unbranched alkanes of at least 4 members (excludes halogenated alkanes) is 1. The molecule has 0 saturated carbocycles. The van der Waals surface area contributed by atoms with E-state index in [1.54, 1.807) is 0 Å². The van der Waals surface area contributed by atoms with Crippen LogP contribution >= 0.6 is 11.3 Å². The number of hydrogen-bond acceptors (Lipinski definition) is 5. The molecular weight excluding hydrogens is 272 g/mol. The van der Waals surface area contributed by atoms with Crippen LogP contribution in [0.5, 0.6) is 0 Å². The maximum Gasteiger partial charge on any atom is 0.267 e. The lowest BCUT2D eigenvalue weighted by Crippen LogP contribution is -2.31. The third kappa shape index (κ3) is 3.23. The monoisotopic (exact) mass is 296 g/mol. The Kier molecular flexibility index (Phi) is 5.23. The standard InChI is InChI=1S/C14H24N4OS/c1-3-5-8-17(4-2)13(19)11-12(15)16-14(20-11)18-9-6-7-10-18/h3-10,15H2,1-2H3. The largest absolute Gasteiger partial charge is 0.382 e. The topological polar surface area (TPSA) is 62.5 Å². The van der Waals surface area contributed by atoms with Gasteiger partial charge in [0.05, 0.1) is 0 Å². The zero-order valence-corrected chi connectivity index (χ0v) is 13.2.